The number of hydrogen-bond acceptors (Lipinski definition) is 4. The van der Waals surface area contributed by atoms with Crippen molar-refractivity contribution in [3.63, 3.8) is 0 Å². The molecule has 88 valence electrons. The molecule has 2 rings (SSSR count). The van der Waals surface area contributed by atoms with Crippen LogP contribution >= 0.6 is 11.3 Å². The minimum absolute atomic E-state index is 0.446. The number of nitrogens with zero attached hydrogens (tertiary/aromatic N) is 1. The number of thiazole rings is 1. The van der Waals surface area contributed by atoms with E-state index in [1.807, 2.05) is 19.9 Å². The molecule has 0 bridgehead atoms. The first kappa shape index (κ1) is 11.8. The molecule has 0 atom stereocenters. The maximum absolute atomic E-state index is 10.6. The highest BCUT2D eigenvalue weighted by atomic mass is 32.1. The molecule has 1 aromatic carbocycles. The Morgan fingerprint density at radius 3 is 2.88 bits per heavy atom. The summed E-state index contributed by atoms with van der Waals surface area (Å²) in [6, 6.07) is 7.11. The zero-order valence-electron chi connectivity index (χ0n) is 9.77. The number of rotatable bonds is 4. The minimum atomic E-state index is 0.446. The van der Waals surface area contributed by atoms with Gasteiger partial charge in [0.25, 0.3) is 0 Å². The molecule has 0 aliphatic rings. The lowest BCUT2D eigenvalue weighted by Gasteiger charge is -2.03. The predicted molar refractivity (Wildman–Crippen MR) is 67.7 cm³/mol. The maximum Gasteiger partial charge on any atom is 0.150 e. The monoisotopic (exact) mass is 247 g/mol. The highest BCUT2D eigenvalue weighted by Crippen LogP contribution is 2.19. The molecular formula is C13H13NO2S. The first-order chi connectivity index (χ1) is 8.19. The number of hydrogen-bond donors (Lipinski definition) is 0. The van der Waals surface area contributed by atoms with Gasteiger partial charge in [-0.15, -0.1) is 11.3 Å². The van der Waals surface area contributed by atoms with E-state index >= 15 is 0 Å². The van der Waals surface area contributed by atoms with Crippen molar-refractivity contribution >= 4 is 17.6 Å². The molecule has 0 saturated carbocycles. The van der Waals surface area contributed by atoms with Crippen LogP contribution in [0.2, 0.25) is 0 Å². The average molecular weight is 247 g/mol. The van der Waals surface area contributed by atoms with E-state index in [2.05, 4.69) is 4.98 Å². The molecule has 4 heteroatoms. The number of aromatic nitrogens is 1. The minimum Gasteiger partial charge on any atom is -0.486 e. The summed E-state index contributed by atoms with van der Waals surface area (Å²) in [6.07, 6.45) is 0.810. The lowest BCUT2D eigenvalue weighted by molar-refractivity contribution is 0.112. The van der Waals surface area contributed by atoms with E-state index in [0.717, 1.165) is 17.0 Å². The second-order valence-corrected chi connectivity index (χ2v) is 5.02. The van der Waals surface area contributed by atoms with Gasteiger partial charge in [-0.25, -0.2) is 4.98 Å². The third-order valence-electron chi connectivity index (χ3n) is 2.43. The molecule has 0 aliphatic carbocycles. The van der Waals surface area contributed by atoms with E-state index in [0.29, 0.717) is 17.9 Å². The number of aldehydes is 1. The quantitative estimate of drug-likeness (QED) is 0.779. The Hall–Kier alpha value is -1.68. The Morgan fingerprint density at radius 2 is 2.24 bits per heavy atom. The molecule has 1 heterocycles. The smallest absolute Gasteiger partial charge is 0.150 e. The van der Waals surface area contributed by atoms with Gasteiger partial charge in [-0.3, -0.25) is 4.79 Å². The van der Waals surface area contributed by atoms with Crippen LogP contribution in [0.25, 0.3) is 0 Å². The molecule has 2 aromatic rings. The van der Waals surface area contributed by atoms with Crippen LogP contribution in [-0.4, -0.2) is 11.3 Å². The van der Waals surface area contributed by atoms with E-state index in [4.69, 9.17) is 4.74 Å². The molecule has 0 N–H and O–H groups in total. The van der Waals surface area contributed by atoms with Gasteiger partial charge in [-0.1, -0.05) is 12.1 Å². The van der Waals surface area contributed by atoms with Crippen molar-refractivity contribution < 1.29 is 9.53 Å². The molecule has 0 radical (unpaired) electrons. The van der Waals surface area contributed by atoms with Gasteiger partial charge in [-0.05, 0) is 26.0 Å². The van der Waals surface area contributed by atoms with Crippen LogP contribution in [-0.2, 0) is 6.61 Å². The number of benzene rings is 1. The molecule has 0 spiro atoms. The SMILES string of the molecule is Cc1nc(COc2cccc(C=O)c2)sc1C. The Morgan fingerprint density at radius 1 is 1.41 bits per heavy atom. The van der Waals surface area contributed by atoms with E-state index < -0.39 is 0 Å². The van der Waals surface area contributed by atoms with E-state index in [9.17, 15) is 4.79 Å². The van der Waals surface area contributed by atoms with Gasteiger partial charge < -0.3 is 4.74 Å². The van der Waals surface area contributed by atoms with Crippen molar-refractivity contribution in [2.24, 2.45) is 0 Å². The number of carbonyl (C=O) groups is 1. The van der Waals surface area contributed by atoms with Gasteiger partial charge in [0.1, 0.15) is 23.7 Å². The topological polar surface area (TPSA) is 39.2 Å². The van der Waals surface area contributed by atoms with Crippen LogP contribution in [0.4, 0.5) is 0 Å². The first-order valence-corrected chi connectivity index (χ1v) is 6.11. The van der Waals surface area contributed by atoms with Crippen molar-refractivity contribution in [2.75, 3.05) is 0 Å². The molecule has 3 nitrogen and oxygen atoms in total. The Labute approximate surface area is 104 Å². The highest BCUT2D eigenvalue weighted by molar-refractivity contribution is 7.11. The number of aryl methyl sites for hydroxylation is 2. The zero-order valence-corrected chi connectivity index (χ0v) is 10.6. The van der Waals surface area contributed by atoms with Crippen molar-refractivity contribution in [3.8, 4) is 5.75 Å². The number of ether oxygens (including phenoxy) is 1. The third kappa shape index (κ3) is 2.91. The second-order valence-electron chi connectivity index (χ2n) is 3.73. The van der Waals surface area contributed by atoms with Gasteiger partial charge in [0.05, 0.1) is 5.69 Å². The summed E-state index contributed by atoms with van der Waals surface area (Å²) < 4.78 is 5.59. The van der Waals surface area contributed by atoms with Crippen molar-refractivity contribution in [1.82, 2.24) is 4.98 Å². The van der Waals surface area contributed by atoms with Crippen molar-refractivity contribution in [1.29, 1.82) is 0 Å². The summed E-state index contributed by atoms with van der Waals surface area (Å²) in [5.74, 6) is 0.695. The highest BCUT2D eigenvalue weighted by Gasteiger charge is 2.04. The van der Waals surface area contributed by atoms with Crippen LogP contribution in [0.1, 0.15) is 25.9 Å². The Balaban J connectivity index is 2.04. The summed E-state index contributed by atoms with van der Waals surface area (Å²) in [4.78, 5) is 16.2. The molecule has 17 heavy (non-hydrogen) atoms. The normalized spacial score (nSPS) is 10.2. The predicted octanol–water partition coefficient (Wildman–Crippen LogP) is 3.15. The summed E-state index contributed by atoms with van der Waals surface area (Å²) in [5.41, 5.74) is 1.67. The van der Waals surface area contributed by atoms with Crippen LogP contribution in [0, 0.1) is 13.8 Å². The van der Waals surface area contributed by atoms with Gasteiger partial charge in [0.2, 0.25) is 0 Å². The molecule has 0 amide bonds. The standard InChI is InChI=1S/C13H13NO2S/c1-9-10(2)17-13(14-9)8-16-12-5-3-4-11(6-12)7-15/h3-7H,8H2,1-2H3. The van der Waals surface area contributed by atoms with E-state index in [-0.39, 0.29) is 0 Å². The average Bonchev–Trinajstić information content (AvgIpc) is 2.67. The lowest BCUT2D eigenvalue weighted by Crippen LogP contribution is -1.95. The summed E-state index contributed by atoms with van der Waals surface area (Å²) in [6.45, 7) is 4.48. The van der Waals surface area contributed by atoms with Gasteiger partial charge in [0.15, 0.2) is 0 Å². The van der Waals surface area contributed by atoms with Crippen LogP contribution in [0.15, 0.2) is 24.3 Å². The fraction of sp³-hybridized carbons (Fsp3) is 0.231. The summed E-state index contributed by atoms with van der Waals surface area (Å²) in [7, 11) is 0. The Bertz CT molecular complexity index is 514. The van der Waals surface area contributed by atoms with E-state index in [1.54, 1.807) is 29.5 Å². The molecule has 0 saturated heterocycles. The van der Waals surface area contributed by atoms with Crippen LogP contribution < -0.4 is 4.74 Å². The van der Waals surface area contributed by atoms with Crippen molar-refractivity contribution in [2.45, 2.75) is 20.5 Å². The fourth-order valence-corrected chi connectivity index (χ4v) is 2.27. The van der Waals surface area contributed by atoms with Gasteiger partial charge >= 0.3 is 0 Å². The molecule has 0 unspecified atom stereocenters. The zero-order chi connectivity index (χ0) is 12.3. The summed E-state index contributed by atoms with van der Waals surface area (Å²) in [5, 5.41) is 0.955. The molecular weight excluding hydrogens is 234 g/mol. The van der Waals surface area contributed by atoms with Crippen LogP contribution in [0.3, 0.4) is 0 Å². The number of carbonyl (C=O) groups excluding carboxylic acids is 1. The molecule has 0 aliphatic heterocycles. The van der Waals surface area contributed by atoms with Gasteiger partial charge in [0, 0.05) is 10.4 Å². The van der Waals surface area contributed by atoms with Crippen LogP contribution in [0.5, 0.6) is 5.75 Å². The van der Waals surface area contributed by atoms with Gasteiger partial charge in [-0.2, -0.15) is 0 Å². The lowest BCUT2D eigenvalue weighted by atomic mass is 10.2. The fourth-order valence-electron chi connectivity index (χ4n) is 1.42. The third-order valence-corrected chi connectivity index (χ3v) is 3.48. The summed E-state index contributed by atoms with van der Waals surface area (Å²) >= 11 is 1.64. The van der Waals surface area contributed by atoms with Crippen molar-refractivity contribution in [3.05, 3.63) is 45.4 Å². The Kier molecular flexibility index (Phi) is 3.54. The molecule has 1 aromatic heterocycles. The maximum atomic E-state index is 10.6. The molecule has 0 fully saturated rings. The largest absolute Gasteiger partial charge is 0.486 e. The van der Waals surface area contributed by atoms with E-state index in [1.165, 1.54) is 4.88 Å². The first-order valence-electron chi connectivity index (χ1n) is 5.30. The second kappa shape index (κ2) is 5.10.